The summed E-state index contributed by atoms with van der Waals surface area (Å²) < 4.78 is 11.1. The second-order valence-corrected chi connectivity index (χ2v) is 6.70. The number of esters is 1. The van der Waals surface area contributed by atoms with E-state index < -0.39 is 5.41 Å². The first-order valence-electron chi connectivity index (χ1n) is 7.62. The van der Waals surface area contributed by atoms with E-state index in [1.165, 1.54) is 0 Å². The molecule has 0 amide bonds. The van der Waals surface area contributed by atoms with Crippen molar-refractivity contribution in [2.75, 3.05) is 13.7 Å². The van der Waals surface area contributed by atoms with Gasteiger partial charge in [-0.1, -0.05) is 27.7 Å². The largest absolute Gasteiger partial charge is 0.465 e. The molecule has 0 bridgehead atoms. The molecule has 112 valence electrons. The highest BCUT2D eigenvalue weighted by atomic mass is 16.5. The molecule has 2 atom stereocenters. The van der Waals surface area contributed by atoms with Crippen molar-refractivity contribution in [3.05, 3.63) is 0 Å². The topological polar surface area (TPSA) is 35.5 Å². The van der Waals surface area contributed by atoms with Crippen LogP contribution in [0.1, 0.15) is 59.8 Å². The third-order valence-corrected chi connectivity index (χ3v) is 4.11. The van der Waals surface area contributed by atoms with Gasteiger partial charge in [0.2, 0.25) is 0 Å². The molecule has 0 aromatic carbocycles. The molecule has 1 aliphatic carbocycles. The lowest BCUT2D eigenvalue weighted by Crippen LogP contribution is -2.41. The van der Waals surface area contributed by atoms with E-state index in [0.29, 0.717) is 18.4 Å². The molecule has 0 saturated heterocycles. The van der Waals surface area contributed by atoms with E-state index in [1.807, 2.05) is 0 Å². The molecule has 3 heteroatoms. The van der Waals surface area contributed by atoms with E-state index in [2.05, 4.69) is 27.7 Å². The molecule has 0 heterocycles. The van der Waals surface area contributed by atoms with Crippen LogP contribution >= 0.6 is 0 Å². The SMILES string of the molecule is COC1CCCC1(CCC(C)C)C(=O)OCC(C)C. The zero-order chi connectivity index (χ0) is 14.5. The van der Waals surface area contributed by atoms with Crippen molar-refractivity contribution >= 4 is 5.97 Å². The molecule has 1 fully saturated rings. The zero-order valence-electron chi connectivity index (χ0n) is 13.2. The highest BCUT2D eigenvalue weighted by Gasteiger charge is 2.50. The minimum Gasteiger partial charge on any atom is -0.465 e. The molecule has 0 aromatic heterocycles. The Kier molecular flexibility index (Phi) is 6.31. The molecule has 1 aliphatic rings. The predicted molar refractivity (Wildman–Crippen MR) is 77.0 cm³/mol. The lowest BCUT2D eigenvalue weighted by Gasteiger charge is -2.33. The van der Waals surface area contributed by atoms with Gasteiger partial charge in [-0.05, 0) is 43.9 Å². The highest BCUT2D eigenvalue weighted by Crippen LogP contribution is 2.45. The number of hydrogen-bond donors (Lipinski definition) is 0. The summed E-state index contributed by atoms with van der Waals surface area (Å²) in [5.74, 6) is 0.951. The molecule has 1 rings (SSSR count). The van der Waals surface area contributed by atoms with Gasteiger partial charge in [0.25, 0.3) is 0 Å². The Morgan fingerprint density at radius 3 is 2.47 bits per heavy atom. The zero-order valence-corrected chi connectivity index (χ0v) is 13.2. The number of ether oxygens (including phenoxy) is 2. The van der Waals surface area contributed by atoms with Crippen molar-refractivity contribution in [3.8, 4) is 0 Å². The van der Waals surface area contributed by atoms with Crippen molar-refractivity contribution < 1.29 is 14.3 Å². The molecule has 19 heavy (non-hydrogen) atoms. The minimum atomic E-state index is -0.395. The summed E-state index contributed by atoms with van der Waals surface area (Å²) in [6.45, 7) is 9.04. The molecule has 0 aromatic rings. The van der Waals surface area contributed by atoms with Gasteiger partial charge < -0.3 is 9.47 Å². The van der Waals surface area contributed by atoms with Crippen molar-refractivity contribution in [1.82, 2.24) is 0 Å². The number of carbonyl (C=O) groups excluding carboxylic acids is 1. The van der Waals surface area contributed by atoms with E-state index in [4.69, 9.17) is 9.47 Å². The molecule has 0 spiro atoms. The molecule has 1 saturated carbocycles. The monoisotopic (exact) mass is 270 g/mol. The van der Waals surface area contributed by atoms with E-state index in [0.717, 1.165) is 32.1 Å². The van der Waals surface area contributed by atoms with Gasteiger partial charge in [-0.25, -0.2) is 0 Å². The summed E-state index contributed by atoms with van der Waals surface area (Å²) in [7, 11) is 1.72. The summed E-state index contributed by atoms with van der Waals surface area (Å²) in [6.07, 6.45) is 4.93. The Morgan fingerprint density at radius 2 is 1.95 bits per heavy atom. The Hall–Kier alpha value is -0.570. The van der Waals surface area contributed by atoms with Crippen LogP contribution in [-0.4, -0.2) is 25.8 Å². The second-order valence-electron chi connectivity index (χ2n) is 6.70. The molecule has 0 radical (unpaired) electrons. The summed E-state index contributed by atoms with van der Waals surface area (Å²) in [5, 5.41) is 0. The highest BCUT2D eigenvalue weighted by molar-refractivity contribution is 5.78. The van der Waals surface area contributed by atoms with Crippen molar-refractivity contribution in [2.45, 2.75) is 65.9 Å². The first-order valence-corrected chi connectivity index (χ1v) is 7.62. The van der Waals surface area contributed by atoms with E-state index in [9.17, 15) is 4.79 Å². The number of rotatable bonds is 7. The standard InChI is InChI=1S/C16H30O3/c1-12(2)8-10-16(9-6-7-14(16)18-5)15(17)19-11-13(3)4/h12-14H,6-11H2,1-5H3. The van der Waals surface area contributed by atoms with Crippen LogP contribution in [0.3, 0.4) is 0 Å². The Labute approximate surface area is 118 Å². The maximum absolute atomic E-state index is 12.6. The third kappa shape index (κ3) is 4.20. The van der Waals surface area contributed by atoms with E-state index in [-0.39, 0.29) is 12.1 Å². The van der Waals surface area contributed by atoms with Crippen molar-refractivity contribution in [1.29, 1.82) is 0 Å². The first kappa shape index (κ1) is 16.5. The number of hydrogen-bond acceptors (Lipinski definition) is 3. The van der Waals surface area contributed by atoms with Crippen LogP contribution in [0.4, 0.5) is 0 Å². The Balaban J connectivity index is 2.76. The average molecular weight is 270 g/mol. The van der Waals surface area contributed by atoms with Crippen LogP contribution in [0.5, 0.6) is 0 Å². The van der Waals surface area contributed by atoms with Gasteiger partial charge in [0, 0.05) is 7.11 Å². The normalized spacial score (nSPS) is 27.2. The maximum atomic E-state index is 12.6. The number of methoxy groups -OCH3 is 1. The lowest BCUT2D eigenvalue weighted by atomic mass is 9.78. The lowest BCUT2D eigenvalue weighted by molar-refractivity contribution is -0.165. The van der Waals surface area contributed by atoms with E-state index >= 15 is 0 Å². The Bertz CT molecular complexity index is 286. The fraction of sp³-hybridized carbons (Fsp3) is 0.938. The van der Waals surface area contributed by atoms with Gasteiger partial charge in [-0.15, -0.1) is 0 Å². The van der Waals surface area contributed by atoms with Gasteiger partial charge in [0.1, 0.15) is 0 Å². The van der Waals surface area contributed by atoms with Crippen molar-refractivity contribution in [2.24, 2.45) is 17.3 Å². The molecule has 0 aliphatic heterocycles. The predicted octanol–water partition coefficient (Wildman–Crippen LogP) is 3.81. The fourth-order valence-corrected chi connectivity index (χ4v) is 2.94. The third-order valence-electron chi connectivity index (χ3n) is 4.11. The van der Waals surface area contributed by atoms with Crippen LogP contribution in [0.25, 0.3) is 0 Å². The van der Waals surface area contributed by atoms with Gasteiger partial charge in [-0.2, -0.15) is 0 Å². The van der Waals surface area contributed by atoms with Crippen LogP contribution < -0.4 is 0 Å². The molecular formula is C16H30O3. The maximum Gasteiger partial charge on any atom is 0.314 e. The van der Waals surface area contributed by atoms with Crippen LogP contribution in [0, 0.1) is 17.3 Å². The number of carbonyl (C=O) groups is 1. The molecule has 3 nitrogen and oxygen atoms in total. The first-order chi connectivity index (χ1) is 8.92. The van der Waals surface area contributed by atoms with Crippen LogP contribution in [0.15, 0.2) is 0 Å². The van der Waals surface area contributed by atoms with Gasteiger partial charge in [0.05, 0.1) is 18.1 Å². The summed E-state index contributed by atoms with van der Waals surface area (Å²) in [5.41, 5.74) is -0.395. The quantitative estimate of drug-likeness (QED) is 0.660. The van der Waals surface area contributed by atoms with Gasteiger partial charge in [0.15, 0.2) is 0 Å². The summed E-state index contributed by atoms with van der Waals surface area (Å²) in [4.78, 5) is 12.6. The van der Waals surface area contributed by atoms with Crippen LogP contribution in [0.2, 0.25) is 0 Å². The minimum absolute atomic E-state index is 0.0333. The molecule has 0 N–H and O–H groups in total. The molecular weight excluding hydrogens is 240 g/mol. The summed E-state index contributed by atoms with van der Waals surface area (Å²) >= 11 is 0. The van der Waals surface area contributed by atoms with Crippen molar-refractivity contribution in [3.63, 3.8) is 0 Å². The van der Waals surface area contributed by atoms with Gasteiger partial charge >= 0.3 is 5.97 Å². The smallest absolute Gasteiger partial charge is 0.314 e. The molecule has 2 unspecified atom stereocenters. The Morgan fingerprint density at radius 1 is 1.26 bits per heavy atom. The van der Waals surface area contributed by atoms with Gasteiger partial charge in [-0.3, -0.25) is 4.79 Å². The fourth-order valence-electron chi connectivity index (χ4n) is 2.94. The van der Waals surface area contributed by atoms with Crippen LogP contribution in [-0.2, 0) is 14.3 Å². The summed E-state index contributed by atoms with van der Waals surface area (Å²) in [6, 6.07) is 0. The average Bonchev–Trinajstić information content (AvgIpc) is 2.77. The van der Waals surface area contributed by atoms with E-state index in [1.54, 1.807) is 7.11 Å². The second kappa shape index (κ2) is 7.28.